The molecule has 2 rings (SSSR count). The molecule has 1 saturated carbocycles. The van der Waals surface area contributed by atoms with E-state index >= 15 is 0 Å². The Bertz CT molecular complexity index is 275. The van der Waals surface area contributed by atoms with Crippen molar-refractivity contribution in [2.45, 2.75) is 31.5 Å². The van der Waals surface area contributed by atoms with Gasteiger partial charge in [0.2, 0.25) is 0 Å². The maximum atomic E-state index is 11.9. The van der Waals surface area contributed by atoms with Gasteiger partial charge in [-0.2, -0.15) is 0 Å². The first-order valence-corrected chi connectivity index (χ1v) is 5.90. The third-order valence-corrected chi connectivity index (χ3v) is 3.75. The summed E-state index contributed by atoms with van der Waals surface area (Å²) in [5.41, 5.74) is 0. The molecule has 3 nitrogen and oxygen atoms in total. The molecule has 14 heavy (non-hydrogen) atoms. The number of hydrogen-bond acceptors (Lipinski definition) is 3. The van der Waals surface area contributed by atoms with E-state index in [4.69, 9.17) is 9.47 Å². The van der Waals surface area contributed by atoms with Crippen molar-refractivity contribution < 1.29 is 14.3 Å². The topological polar surface area (TPSA) is 35.5 Å². The molecule has 0 aromatic heterocycles. The van der Waals surface area contributed by atoms with Gasteiger partial charge in [-0.15, -0.1) is 0 Å². The number of carbonyl (C=O) groups excluding carboxylic acids is 1. The largest absolute Gasteiger partial charge is 0.496 e. The van der Waals surface area contributed by atoms with Gasteiger partial charge in [-0.3, -0.25) is 4.79 Å². The molecule has 0 N–H and O–H groups in total. The van der Waals surface area contributed by atoms with Gasteiger partial charge in [0.05, 0.1) is 15.6 Å². The van der Waals surface area contributed by atoms with Gasteiger partial charge in [-0.25, -0.2) is 0 Å². The second kappa shape index (κ2) is 4.18. The lowest BCUT2D eigenvalue weighted by Crippen LogP contribution is -2.45. The Morgan fingerprint density at radius 2 is 2.36 bits per heavy atom. The molecule has 0 saturated heterocycles. The number of rotatable bonds is 1. The third kappa shape index (κ3) is 1.69. The molecule has 1 fully saturated rings. The fourth-order valence-corrected chi connectivity index (χ4v) is 2.74. The molecule has 4 heteroatoms. The van der Waals surface area contributed by atoms with Crippen LogP contribution < -0.4 is 0 Å². The monoisotopic (exact) mass is 308 g/mol. The highest BCUT2D eigenvalue weighted by atomic mass is 127. The molecule has 0 aromatic carbocycles. The molecule has 1 aliphatic heterocycles. The summed E-state index contributed by atoms with van der Waals surface area (Å²) in [6, 6.07) is 0. The number of hydrogen-bond donors (Lipinski definition) is 0. The standard InChI is InChI=1S/C10H13IO3/c1-13-7-3-2-4-8-9(7)10(12)6(11)5-14-8/h5,7-9H,2-4H2,1H3. The van der Waals surface area contributed by atoms with Crippen molar-refractivity contribution >= 4 is 28.4 Å². The van der Waals surface area contributed by atoms with E-state index < -0.39 is 0 Å². The van der Waals surface area contributed by atoms with Gasteiger partial charge < -0.3 is 9.47 Å². The van der Waals surface area contributed by atoms with Crippen LogP contribution in [-0.2, 0) is 14.3 Å². The molecular weight excluding hydrogens is 295 g/mol. The number of halogens is 1. The maximum absolute atomic E-state index is 11.9. The van der Waals surface area contributed by atoms with E-state index in [0.717, 1.165) is 19.3 Å². The molecule has 1 heterocycles. The Kier molecular flexibility index (Phi) is 3.11. The first-order chi connectivity index (χ1) is 6.74. The lowest BCUT2D eigenvalue weighted by molar-refractivity contribution is -0.135. The summed E-state index contributed by atoms with van der Waals surface area (Å²) in [6.45, 7) is 0. The highest BCUT2D eigenvalue weighted by Crippen LogP contribution is 2.36. The number of carbonyl (C=O) groups is 1. The van der Waals surface area contributed by atoms with E-state index in [1.165, 1.54) is 0 Å². The number of Topliss-reactive ketones (excluding diaryl/α,β-unsaturated/α-hetero) is 1. The summed E-state index contributed by atoms with van der Waals surface area (Å²) < 4.78 is 11.6. The molecule has 0 bridgehead atoms. The van der Waals surface area contributed by atoms with Crippen LogP contribution in [0.2, 0.25) is 0 Å². The molecule has 78 valence electrons. The SMILES string of the molecule is COC1CCCC2OC=C(I)C(=O)C12. The summed E-state index contributed by atoms with van der Waals surface area (Å²) in [7, 11) is 1.67. The van der Waals surface area contributed by atoms with Crippen LogP contribution in [-0.4, -0.2) is 25.1 Å². The highest BCUT2D eigenvalue weighted by molar-refractivity contribution is 14.1. The number of ether oxygens (including phenoxy) is 2. The molecule has 2 aliphatic rings. The quantitative estimate of drug-likeness (QED) is 0.696. The lowest BCUT2D eigenvalue weighted by atomic mass is 9.80. The van der Waals surface area contributed by atoms with Crippen LogP contribution in [0.1, 0.15) is 19.3 Å². The first kappa shape index (κ1) is 10.4. The molecular formula is C10H13IO3. The molecule has 0 spiro atoms. The molecule has 3 atom stereocenters. The Labute approximate surface area is 97.0 Å². The van der Waals surface area contributed by atoms with Gasteiger partial charge >= 0.3 is 0 Å². The van der Waals surface area contributed by atoms with Crippen LogP contribution in [0.3, 0.4) is 0 Å². The van der Waals surface area contributed by atoms with E-state index in [2.05, 4.69) is 0 Å². The van der Waals surface area contributed by atoms with Gasteiger partial charge in [-0.05, 0) is 41.9 Å². The molecule has 0 aromatic rings. The lowest BCUT2D eigenvalue weighted by Gasteiger charge is -2.37. The highest BCUT2D eigenvalue weighted by Gasteiger charge is 2.42. The van der Waals surface area contributed by atoms with Crippen molar-refractivity contribution in [3.05, 3.63) is 9.84 Å². The van der Waals surface area contributed by atoms with Gasteiger partial charge in [0, 0.05) is 7.11 Å². The van der Waals surface area contributed by atoms with Gasteiger partial charge in [0.15, 0.2) is 5.78 Å². The van der Waals surface area contributed by atoms with Crippen molar-refractivity contribution in [1.82, 2.24) is 0 Å². The minimum atomic E-state index is -0.0781. The summed E-state index contributed by atoms with van der Waals surface area (Å²) in [5.74, 6) is 0.110. The van der Waals surface area contributed by atoms with E-state index in [1.54, 1.807) is 13.4 Å². The molecule has 0 amide bonds. The zero-order chi connectivity index (χ0) is 10.1. The fourth-order valence-electron chi connectivity index (χ4n) is 2.24. The third-order valence-electron chi connectivity index (χ3n) is 2.97. The van der Waals surface area contributed by atoms with Crippen LogP contribution in [0.5, 0.6) is 0 Å². The molecule has 3 unspecified atom stereocenters. The summed E-state index contributed by atoms with van der Waals surface area (Å²) >= 11 is 2.03. The van der Waals surface area contributed by atoms with Crippen LogP contribution in [0, 0.1) is 5.92 Å². The second-order valence-electron chi connectivity index (χ2n) is 3.74. The van der Waals surface area contributed by atoms with Crippen LogP contribution in [0.25, 0.3) is 0 Å². The average molecular weight is 308 g/mol. The number of ketones is 1. The predicted octanol–water partition coefficient (Wildman–Crippen LogP) is 2.05. The zero-order valence-electron chi connectivity index (χ0n) is 8.03. The van der Waals surface area contributed by atoms with Crippen molar-refractivity contribution in [1.29, 1.82) is 0 Å². The fraction of sp³-hybridized carbons (Fsp3) is 0.700. The van der Waals surface area contributed by atoms with E-state index in [0.29, 0.717) is 3.58 Å². The van der Waals surface area contributed by atoms with Crippen LogP contribution in [0.15, 0.2) is 9.84 Å². The van der Waals surface area contributed by atoms with Crippen molar-refractivity contribution in [2.24, 2.45) is 5.92 Å². The molecule has 0 radical (unpaired) electrons. The minimum Gasteiger partial charge on any atom is -0.496 e. The van der Waals surface area contributed by atoms with Crippen LogP contribution in [0.4, 0.5) is 0 Å². The maximum Gasteiger partial charge on any atom is 0.181 e. The molecule has 1 aliphatic carbocycles. The Hall–Kier alpha value is -0.100. The first-order valence-electron chi connectivity index (χ1n) is 4.82. The van der Waals surface area contributed by atoms with E-state index in [-0.39, 0.29) is 23.9 Å². The smallest absolute Gasteiger partial charge is 0.181 e. The normalized spacial score (nSPS) is 37.1. The van der Waals surface area contributed by atoms with Gasteiger partial charge in [0.25, 0.3) is 0 Å². The number of allylic oxidation sites excluding steroid dienone is 1. The average Bonchev–Trinajstić information content (AvgIpc) is 2.23. The van der Waals surface area contributed by atoms with Crippen LogP contribution >= 0.6 is 22.6 Å². The summed E-state index contributed by atoms with van der Waals surface area (Å²) in [4.78, 5) is 11.9. The predicted molar refractivity (Wildman–Crippen MR) is 60.1 cm³/mol. The Morgan fingerprint density at radius 3 is 3.07 bits per heavy atom. The van der Waals surface area contributed by atoms with E-state index in [1.807, 2.05) is 22.6 Å². The van der Waals surface area contributed by atoms with Gasteiger partial charge in [0.1, 0.15) is 12.4 Å². The summed E-state index contributed by atoms with van der Waals surface area (Å²) in [6.07, 6.45) is 4.69. The summed E-state index contributed by atoms with van der Waals surface area (Å²) in [5, 5.41) is 0. The Morgan fingerprint density at radius 1 is 1.57 bits per heavy atom. The zero-order valence-corrected chi connectivity index (χ0v) is 10.2. The van der Waals surface area contributed by atoms with Crippen molar-refractivity contribution in [3.8, 4) is 0 Å². The van der Waals surface area contributed by atoms with E-state index in [9.17, 15) is 4.79 Å². The number of fused-ring (bicyclic) bond motifs is 1. The minimum absolute atomic E-state index is 0.0414. The van der Waals surface area contributed by atoms with Crippen molar-refractivity contribution in [3.63, 3.8) is 0 Å². The van der Waals surface area contributed by atoms with Crippen molar-refractivity contribution in [2.75, 3.05) is 7.11 Å². The number of methoxy groups -OCH3 is 1. The second-order valence-corrected chi connectivity index (χ2v) is 4.90. The van der Waals surface area contributed by atoms with Gasteiger partial charge in [-0.1, -0.05) is 0 Å². The Balaban J connectivity index is 2.23.